The highest BCUT2D eigenvalue weighted by molar-refractivity contribution is 9.11. The average molecular weight is 377 g/mol. The van der Waals surface area contributed by atoms with E-state index in [2.05, 4.69) is 26.6 Å². The molecule has 0 bridgehead atoms. The van der Waals surface area contributed by atoms with E-state index in [-0.39, 0.29) is 12.5 Å². The molecule has 0 aliphatic heterocycles. The molecule has 0 radical (unpaired) electrons. The van der Waals surface area contributed by atoms with Crippen LogP contribution in [0.1, 0.15) is 37.0 Å². The molecule has 3 N–H and O–H groups in total. The van der Waals surface area contributed by atoms with Crippen LogP contribution in [-0.2, 0) is 11.2 Å². The predicted molar refractivity (Wildman–Crippen MR) is 87.8 cm³/mol. The number of carboxylic acid groups (broad SMARTS) is 1. The number of carbonyl (C=O) groups excluding carboxylic acids is 1. The molecule has 0 saturated carbocycles. The van der Waals surface area contributed by atoms with E-state index in [0.717, 1.165) is 29.5 Å². The van der Waals surface area contributed by atoms with Gasteiger partial charge in [0, 0.05) is 24.4 Å². The number of carbonyl (C=O) groups is 2. The molecule has 118 valence electrons. The van der Waals surface area contributed by atoms with Crippen molar-refractivity contribution in [2.75, 3.05) is 13.1 Å². The highest BCUT2D eigenvalue weighted by Gasteiger charge is 2.01. The van der Waals surface area contributed by atoms with Crippen LogP contribution in [-0.4, -0.2) is 30.2 Å². The molecule has 0 spiro atoms. The molecule has 0 atom stereocenters. The van der Waals surface area contributed by atoms with E-state index in [1.807, 2.05) is 12.1 Å². The maximum atomic E-state index is 11.5. The summed E-state index contributed by atoms with van der Waals surface area (Å²) in [4.78, 5) is 23.1. The third kappa shape index (κ3) is 9.47. The molecule has 1 aromatic heterocycles. The number of thiophene rings is 1. The minimum absolute atomic E-state index is 0.142. The third-order valence-corrected chi connectivity index (χ3v) is 4.57. The highest BCUT2D eigenvalue weighted by Crippen LogP contribution is 2.21. The third-order valence-electron chi connectivity index (χ3n) is 2.89. The van der Waals surface area contributed by atoms with Crippen molar-refractivity contribution in [2.45, 2.75) is 38.5 Å². The lowest BCUT2D eigenvalue weighted by molar-refractivity contribution is -0.137. The van der Waals surface area contributed by atoms with Crippen molar-refractivity contribution in [1.29, 1.82) is 0 Å². The van der Waals surface area contributed by atoms with E-state index in [4.69, 9.17) is 5.11 Å². The zero-order valence-electron chi connectivity index (χ0n) is 11.9. The molecule has 21 heavy (non-hydrogen) atoms. The summed E-state index contributed by atoms with van der Waals surface area (Å²) in [5.41, 5.74) is 0. The fraction of sp³-hybridized carbons (Fsp3) is 0.571. The van der Waals surface area contributed by atoms with Crippen molar-refractivity contribution in [2.24, 2.45) is 0 Å². The Hall–Kier alpha value is -1.08. The fourth-order valence-electron chi connectivity index (χ4n) is 1.80. The number of hydrogen-bond donors (Lipinski definition) is 3. The van der Waals surface area contributed by atoms with E-state index < -0.39 is 5.97 Å². The Kier molecular flexibility index (Phi) is 9.09. The van der Waals surface area contributed by atoms with E-state index in [1.54, 1.807) is 11.3 Å². The van der Waals surface area contributed by atoms with Crippen LogP contribution < -0.4 is 10.6 Å². The Morgan fingerprint density at radius 1 is 1.10 bits per heavy atom. The van der Waals surface area contributed by atoms with Crippen LogP contribution >= 0.6 is 27.3 Å². The lowest BCUT2D eigenvalue weighted by Gasteiger charge is -2.06. The number of halogens is 1. The number of unbranched alkanes of at least 4 members (excludes halogenated alkanes) is 3. The number of hydrogen-bond acceptors (Lipinski definition) is 3. The number of aliphatic carboxylic acids is 1. The van der Waals surface area contributed by atoms with Crippen molar-refractivity contribution < 1.29 is 14.7 Å². The maximum Gasteiger partial charge on any atom is 0.314 e. The summed E-state index contributed by atoms with van der Waals surface area (Å²) in [5, 5.41) is 14.1. The van der Waals surface area contributed by atoms with Gasteiger partial charge in [0.25, 0.3) is 0 Å². The summed E-state index contributed by atoms with van der Waals surface area (Å²) < 4.78 is 1.10. The Balaban J connectivity index is 1.93. The molecule has 7 heteroatoms. The maximum absolute atomic E-state index is 11.5. The van der Waals surface area contributed by atoms with Gasteiger partial charge in [0.05, 0.1) is 3.79 Å². The first-order valence-electron chi connectivity index (χ1n) is 7.05. The highest BCUT2D eigenvalue weighted by atomic mass is 79.9. The largest absolute Gasteiger partial charge is 0.481 e. The van der Waals surface area contributed by atoms with Gasteiger partial charge < -0.3 is 15.7 Å². The Morgan fingerprint density at radius 2 is 1.81 bits per heavy atom. The topological polar surface area (TPSA) is 78.4 Å². The smallest absolute Gasteiger partial charge is 0.314 e. The molecule has 1 rings (SSSR count). The molecular weight excluding hydrogens is 356 g/mol. The van der Waals surface area contributed by atoms with Crippen LogP contribution in [0, 0.1) is 0 Å². The molecule has 0 aromatic carbocycles. The van der Waals surface area contributed by atoms with Gasteiger partial charge in [0.15, 0.2) is 0 Å². The summed E-state index contributed by atoms with van der Waals surface area (Å²) >= 11 is 5.08. The van der Waals surface area contributed by atoms with E-state index in [0.29, 0.717) is 19.5 Å². The van der Waals surface area contributed by atoms with Crippen LogP contribution in [0.25, 0.3) is 0 Å². The molecule has 0 fully saturated rings. The standard InChI is InChI=1S/C14H21BrN2O3S/c15-12-7-6-11(21-12)8-10-17-14(20)16-9-4-2-1-3-5-13(18)19/h6-7H,1-5,8-10H2,(H,18,19)(H2,16,17,20). The van der Waals surface area contributed by atoms with Crippen LogP contribution in [0.5, 0.6) is 0 Å². The summed E-state index contributed by atoms with van der Waals surface area (Å²) in [5.74, 6) is -0.745. The summed E-state index contributed by atoms with van der Waals surface area (Å²) in [6.07, 6.45) is 4.48. The van der Waals surface area contributed by atoms with Crippen molar-refractivity contribution in [3.63, 3.8) is 0 Å². The first-order chi connectivity index (χ1) is 10.1. The zero-order valence-corrected chi connectivity index (χ0v) is 14.3. The lowest BCUT2D eigenvalue weighted by Crippen LogP contribution is -2.37. The molecule has 0 unspecified atom stereocenters. The van der Waals surface area contributed by atoms with Gasteiger partial charge in [-0.2, -0.15) is 0 Å². The van der Waals surface area contributed by atoms with Gasteiger partial charge in [-0.05, 0) is 47.3 Å². The second-order valence-electron chi connectivity index (χ2n) is 4.70. The van der Waals surface area contributed by atoms with Gasteiger partial charge in [0.1, 0.15) is 0 Å². The first kappa shape index (κ1) is 18.0. The normalized spacial score (nSPS) is 10.3. The van der Waals surface area contributed by atoms with E-state index >= 15 is 0 Å². The van der Waals surface area contributed by atoms with Crippen molar-refractivity contribution >= 4 is 39.3 Å². The van der Waals surface area contributed by atoms with Gasteiger partial charge in [-0.25, -0.2) is 4.79 Å². The molecule has 0 saturated heterocycles. The van der Waals surface area contributed by atoms with Crippen molar-refractivity contribution in [3.8, 4) is 0 Å². The molecule has 1 heterocycles. The quantitative estimate of drug-likeness (QED) is 0.547. The molecule has 5 nitrogen and oxygen atoms in total. The monoisotopic (exact) mass is 376 g/mol. The summed E-state index contributed by atoms with van der Waals surface area (Å²) in [6, 6.07) is 3.91. The zero-order chi connectivity index (χ0) is 15.5. The minimum atomic E-state index is -0.745. The van der Waals surface area contributed by atoms with Gasteiger partial charge in [0.2, 0.25) is 0 Å². The molecular formula is C14H21BrN2O3S. The second-order valence-corrected chi connectivity index (χ2v) is 7.24. The van der Waals surface area contributed by atoms with E-state index in [9.17, 15) is 9.59 Å². The minimum Gasteiger partial charge on any atom is -0.481 e. The number of rotatable bonds is 10. The number of nitrogens with one attached hydrogen (secondary N) is 2. The van der Waals surface area contributed by atoms with Crippen LogP contribution in [0.4, 0.5) is 4.79 Å². The average Bonchev–Trinajstić information content (AvgIpc) is 2.83. The molecule has 0 aliphatic rings. The van der Waals surface area contributed by atoms with E-state index in [1.165, 1.54) is 4.88 Å². The number of carboxylic acids is 1. The fourth-order valence-corrected chi connectivity index (χ4v) is 3.29. The Labute approximate surface area is 137 Å². The van der Waals surface area contributed by atoms with Crippen LogP contribution in [0.3, 0.4) is 0 Å². The number of urea groups is 1. The SMILES string of the molecule is O=C(O)CCCCCCNC(=O)NCCc1ccc(Br)s1. The van der Waals surface area contributed by atoms with Gasteiger partial charge in [-0.3, -0.25) is 4.79 Å². The van der Waals surface area contributed by atoms with Gasteiger partial charge in [-0.1, -0.05) is 12.8 Å². The molecule has 1 aromatic rings. The number of amides is 2. The molecule has 2 amide bonds. The summed E-state index contributed by atoms with van der Waals surface area (Å²) in [6.45, 7) is 1.25. The lowest BCUT2D eigenvalue weighted by atomic mass is 10.1. The summed E-state index contributed by atoms with van der Waals surface area (Å²) in [7, 11) is 0. The molecule has 0 aliphatic carbocycles. The first-order valence-corrected chi connectivity index (χ1v) is 8.66. The second kappa shape index (κ2) is 10.6. The van der Waals surface area contributed by atoms with Crippen molar-refractivity contribution in [1.82, 2.24) is 10.6 Å². The Morgan fingerprint density at radius 3 is 2.48 bits per heavy atom. The van der Waals surface area contributed by atoms with Gasteiger partial charge in [-0.15, -0.1) is 11.3 Å². The van der Waals surface area contributed by atoms with Crippen molar-refractivity contribution in [3.05, 3.63) is 20.8 Å². The Bertz CT molecular complexity index is 451. The van der Waals surface area contributed by atoms with Crippen LogP contribution in [0.15, 0.2) is 15.9 Å². The van der Waals surface area contributed by atoms with Crippen LogP contribution in [0.2, 0.25) is 0 Å². The van der Waals surface area contributed by atoms with Gasteiger partial charge >= 0.3 is 12.0 Å². The predicted octanol–water partition coefficient (Wildman–Crippen LogP) is 3.39.